The lowest BCUT2D eigenvalue weighted by molar-refractivity contribution is 0.140. The van der Waals surface area contributed by atoms with E-state index in [0.717, 1.165) is 12.0 Å². The first-order valence-corrected chi connectivity index (χ1v) is 4.94. The van der Waals surface area contributed by atoms with Crippen LogP contribution >= 0.6 is 0 Å². The Bertz CT molecular complexity index is 107. The molecule has 0 heterocycles. The predicted octanol–water partition coefficient (Wildman–Crippen LogP) is 2.52. The Kier molecular flexibility index (Phi) is 3.38. The molecule has 1 atom stereocenters. The average molecular weight is 155 g/mol. The highest BCUT2D eigenvalue weighted by Gasteiger charge is 2.22. The minimum absolute atomic E-state index is 0.876. The molecule has 1 rings (SSSR count). The van der Waals surface area contributed by atoms with Gasteiger partial charge < -0.3 is 4.90 Å². The second-order valence-corrected chi connectivity index (χ2v) is 4.04. The first-order chi connectivity index (χ1) is 5.24. The zero-order chi connectivity index (χ0) is 8.27. The zero-order valence-corrected chi connectivity index (χ0v) is 8.14. The van der Waals surface area contributed by atoms with Gasteiger partial charge in [0.2, 0.25) is 0 Å². The fourth-order valence-electron chi connectivity index (χ4n) is 1.60. The molecule has 1 heteroatoms. The molecule has 1 saturated carbocycles. The summed E-state index contributed by atoms with van der Waals surface area (Å²) < 4.78 is 0. The van der Waals surface area contributed by atoms with E-state index in [9.17, 15) is 0 Å². The van der Waals surface area contributed by atoms with Gasteiger partial charge >= 0.3 is 0 Å². The summed E-state index contributed by atoms with van der Waals surface area (Å²) in [5.41, 5.74) is 0. The minimum Gasteiger partial charge on any atom is -0.303 e. The lowest BCUT2D eigenvalue weighted by Crippen LogP contribution is -2.39. The van der Waals surface area contributed by atoms with E-state index >= 15 is 0 Å². The van der Waals surface area contributed by atoms with Gasteiger partial charge in [-0.05, 0) is 25.8 Å². The van der Waals surface area contributed by atoms with Gasteiger partial charge in [-0.3, -0.25) is 0 Å². The smallest absolute Gasteiger partial charge is 0.00923 e. The monoisotopic (exact) mass is 155 g/mol. The van der Waals surface area contributed by atoms with Gasteiger partial charge in [0.1, 0.15) is 0 Å². The molecule has 0 amide bonds. The van der Waals surface area contributed by atoms with Crippen molar-refractivity contribution < 1.29 is 0 Å². The molecule has 0 unspecified atom stereocenters. The highest BCUT2D eigenvalue weighted by atomic mass is 15.1. The van der Waals surface area contributed by atoms with Crippen molar-refractivity contribution in [2.45, 2.75) is 45.6 Å². The van der Waals surface area contributed by atoms with Crippen LogP contribution in [0.15, 0.2) is 0 Å². The van der Waals surface area contributed by atoms with Crippen LogP contribution in [0.3, 0.4) is 0 Å². The van der Waals surface area contributed by atoms with Crippen molar-refractivity contribution in [1.29, 1.82) is 0 Å². The van der Waals surface area contributed by atoms with Crippen LogP contribution in [0.25, 0.3) is 0 Å². The van der Waals surface area contributed by atoms with E-state index < -0.39 is 0 Å². The third-order valence-electron chi connectivity index (χ3n) is 2.99. The Morgan fingerprint density at radius 2 is 2.09 bits per heavy atom. The van der Waals surface area contributed by atoms with Gasteiger partial charge in [-0.25, -0.2) is 0 Å². The van der Waals surface area contributed by atoms with E-state index in [1.54, 1.807) is 0 Å². The molecule has 0 aromatic heterocycles. The Labute approximate surface area is 70.8 Å². The molecule has 0 aliphatic heterocycles. The predicted molar refractivity (Wildman–Crippen MR) is 49.7 cm³/mol. The van der Waals surface area contributed by atoms with Crippen LogP contribution in [0.1, 0.15) is 39.5 Å². The van der Waals surface area contributed by atoms with E-state index in [4.69, 9.17) is 0 Å². The van der Waals surface area contributed by atoms with Gasteiger partial charge in [-0.2, -0.15) is 0 Å². The molecule has 0 saturated heterocycles. The summed E-state index contributed by atoms with van der Waals surface area (Å²) in [5.74, 6) is 0.876. The maximum atomic E-state index is 2.54. The number of hydrogen-bond donors (Lipinski definition) is 0. The molecule has 0 aromatic carbocycles. The Hall–Kier alpha value is -0.0400. The maximum Gasteiger partial charge on any atom is 0.00923 e. The van der Waals surface area contributed by atoms with Crippen molar-refractivity contribution in [3.63, 3.8) is 0 Å². The van der Waals surface area contributed by atoms with Crippen LogP contribution in [0, 0.1) is 5.92 Å². The highest BCUT2D eigenvalue weighted by Crippen LogP contribution is 2.24. The van der Waals surface area contributed by atoms with Crippen molar-refractivity contribution in [3.8, 4) is 0 Å². The van der Waals surface area contributed by atoms with E-state index in [1.807, 2.05) is 0 Å². The van der Waals surface area contributed by atoms with Crippen LogP contribution in [0.4, 0.5) is 0 Å². The second kappa shape index (κ2) is 4.10. The summed E-state index contributed by atoms with van der Waals surface area (Å²) in [7, 11) is 2.27. The van der Waals surface area contributed by atoms with Gasteiger partial charge in [-0.15, -0.1) is 0 Å². The summed E-state index contributed by atoms with van der Waals surface area (Å²) in [6.45, 7) is 5.91. The molecule has 11 heavy (non-hydrogen) atoms. The van der Waals surface area contributed by atoms with Crippen molar-refractivity contribution in [2.24, 2.45) is 5.92 Å². The fraction of sp³-hybridized carbons (Fsp3) is 1.00. The summed E-state index contributed by atoms with van der Waals surface area (Å²) in [4.78, 5) is 2.54. The number of hydrogen-bond acceptors (Lipinski definition) is 1. The van der Waals surface area contributed by atoms with E-state index in [1.165, 1.54) is 32.2 Å². The van der Waals surface area contributed by atoms with Crippen LogP contribution in [0.2, 0.25) is 0 Å². The quantitative estimate of drug-likeness (QED) is 0.603. The molecule has 0 N–H and O–H groups in total. The summed E-state index contributed by atoms with van der Waals surface area (Å²) in [6.07, 6.45) is 5.65. The van der Waals surface area contributed by atoms with Crippen molar-refractivity contribution >= 4 is 0 Å². The first-order valence-electron chi connectivity index (χ1n) is 4.94. The van der Waals surface area contributed by atoms with Gasteiger partial charge in [-0.1, -0.05) is 26.7 Å². The zero-order valence-electron chi connectivity index (χ0n) is 8.14. The Morgan fingerprint density at radius 3 is 2.45 bits per heavy atom. The maximum absolute atomic E-state index is 2.54. The van der Waals surface area contributed by atoms with E-state index in [0.29, 0.717) is 0 Å². The molecular weight excluding hydrogens is 134 g/mol. The Balaban J connectivity index is 2.13. The number of rotatable bonds is 4. The lowest BCUT2D eigenvalue weighted by atomic mass is 9.91. The Morgan fingerprint density at radius 1 is 1.45 bits per heavy atom. The first kappa shape index (κ1) is 9.05. The largest absolute Gasteiger partial charge is 0.303 e. The van der Waals surface area contributed by atoms with E-state index in [-0.39, 0.29) is 0 Å². The second-order valence-electron chi connectivity index (χ2n) is 4.04. The van der Waals surface area contributed by atoms with E-state index in [2.05, 4.69) is 25.8 Å². The standard InChI is InChI=1S/C10H21N/c1-4-9(2)8-11(3)10-6-5-7-10/h9-10H,4-8H2,1-3H3/t9-/m1/s1. The lowest BCUT2D eigenvalue weighted by Gasteiger charge is -2.36. The van der Waals surface area contributed by atoms with Gasteiger partial charge in [0.05, 0.1) is 0 Å². The minimum atomic E-state index is 0.876. The normalized spacial score (nSPS) is 21.8. The van der Waals surface area contributed by atoms with Crippen molar-refractivity contribution in [1.82, 2.24) is 4.90 Å². The molecule has 0 bridgehead atoms. The highest BCUT2D eigenvalue weighted by molar-refractivity contribution is 4.78. The molecule has 66 valence electrons. The molecular formula is C10H21N. The van der Waals surface area contributed by atoms with Crippen LogP contribution in [0.5, 0.6) is 0 Å². The van der Waals surface area contributed by atoms with Gasteiger partial charge in [0.25, 0.3) is 0 Å². The SMILES string of the molecule is CC[C@@H](C)CN(C)C1CCC1. The summed E-state index contributed by atoms with van der Waals surface area (Å²) in [5, 5.41) is 0. The topological polar surface area (TPSA) is 3.24 Å². The van der Waals surface area contributed by atoms with Crippen LogP contribution < -0.4 is 0 Å². The average Bonchev–Trinajstić information content (AvgIpc) is 1.83. The van der Waals surface area contributed by atoms with Crippen LogP contribution in [-0.4, -0.2) is 24.5 Å². The van der Waals surface area contributed by atoms with Gasteiger partial charge in [0, 0.05) is 12.6 Å². The van der Waals surface area contributed by atoms with Gasteiger partial charge in [0.15, 0.2) is 0 Å². The molecule has 1 aliphatic carbocycles. The van der Waals surface area contributed by atoms with Crippen LogP contribution in [-0.2, 0) is 0 Å². The fourth-order valence-corrected chi connectivity index (χ4v) is 1.60. The third kappa shape index (κ3) is 2.48. The number of nitrogens with zero attached hydrogens (tertiary/aromatic N) is 1. The summed E-state index contributed by atoms with van der Waals surface area (Å²) in [6, 6.07) is 0.920. The molecule has 0 aromatic rings. The summed E-state index contributed by atoms with van der Waals surface area (Å²) >= 11 is 0. The van der Waals surface area contributed by atoms with Crippen molar-refractivity contribution in [2.75, 3.05) is 13.6 Å². The molecule has 1 aliphatic rings. The molecule has 0 radical (unpaired) electrons. The third-order valence-corrected chi connectivity index (χ3v) is 2.99. The molecule has 0 spiro atoms. The molecule has 1 fully saturated rings. The molecule has 1 nitrogen and oxygen atoms in total. The van der Waals surface area contributed by atoms with Crippen molar-refractivity contribution in [3.05, 3.63) is 0 Å².